The van der Waals surface area contributed by atoms with Gasteiger partial charge in [0.25, 0.3) is 5.91 Å². The van der Waals surface area contributed by atoms with E-state index in [9.17, 15) is 4.79 Å². The van der Waals surface area contributed by atoms with Crippen LogP contribution in [0.15, 0.2) is 30.5 Å². The smallest absolute Gasteiger partial charge is 0.265 e. The van der Waals surface area contributed by atoms with E-state index in [0.717, 1.165) is 11.3 Å². The lowest BCUT2D eigenvalue weighted by molar-refractivity contribution is 0.0747. The monoisotopic (exact) mass is 291 g/mol. The summed E-state index contributed by atoms with van der Waals surface area (Å²) in [6.45, 7) is 1.98. The van der Waals surface area contributed by atoms with Crippen LogP contribution in [0.3, 0.4) is 0 Å². The second-order valence-corrected chi connectivity index (χ2v) is 5.49. The van der Waals surface area contributed by atoms with Gasteiger partial charge in [0.05, 0.1) is 19.3 Å². The van der Waals surface area contributed by atoms with Gasteiger partial charge in [-0.05, 0) is 24.6 Å². The number of carbonyl (C=O) groups is 1. The largest absolute Gasteiger partial charge is 0.497 e. The molecule has 2 aromatic rings. The molecule has 0 radical (unpaired) electrons. The number of hydrogen-bond donors (Lipinski definition) is 1. The third-order valence-electron chi connectivity index (χ3n) is 3.23. The molecule has 6 heteroatoms. The predicted octanol–water partition coefficient (Wildman–Crippen LogP) is 2.57. The molecule has 0 aliphatic heterocycles. The number of aromatic nitrogens is 1. The van der Waals surface area contributed by atoms with Crippen molar-refractivity contribution in [3.63, 3.8) is 0 Å². The highest BCUT2D eigenvalue weighted by Crippen LogP contribution is 2.24. The fourth-order valence-corrected chi connectivity index (χ4v) is 2.51. The molecule has 0 saturated carbocycles. The molecular formula is C14H17N3O2S. The molecule has 0 bridgehead atoms. The number of nitrogens with zero attached hydrogens (tertiary/aromatic N) is 2. The third-order valence-corrected chi connectivity index (χ3v) is 4.05. The Morgan fingerprint density at radius 1 is 1.40 bits per heavy atom. The number of carbonyl (C=O) groups excluding carboxylic acids is 1. The molecule has 20 heavy (non-hydrogen) atoms. The molecule has 0 saturated heterocycles. The van der Waals surface area contributed by atoms with Crippen LogP contribution < -0.4 is 10.5 Å². The molecule has 1 amide bonds. The summed E-state index contributed by atoms with van der Waals surface area (Å²) in [5.74, 6) is 0.715. The van der Waals surface area contributed by atoms with Crippen LogP contribution in [0.5, 0.6) is 5.75 Å². The van der Waals surface area contributed by atoms with Gasteiger partial charge >= 0.3 is 0 Å². The Morgan fingerprint density at radius 2 is 2.05 bits per heavy atom. The summed E-state index contributed by atoms with van der Waals surface area (Å²) >= 11 is 1.20. The number of thiazole rings is 1. The van der Waals surface area contributed by atoms with E-state index in [1.165, 1.54) is 17.5 Å². The van der Waals surface area contributed by atoms with E-state index in [1.54, 1.807) is 19.1 Å². The van der Waals surface area contributed by atoms with Gasteiger partial charge in [-0.25, -0.2) is 4.98 Å². The number of nitrogen functional groups attached to an aromatic ring is 1. The minimum absolute atomic E-state index is 0.0447. The van der Waals surface area contributed by atoms with Gasteiger partial charge in [-0.2, -0.15) is 0 Å². The Labute approximate surface area is 122 Å². The van der Waals surface area contributed by atoms with Crippen LogP contribution in [0.25, 0.3) is 0 Å². The number of rotatable bonds is 4. The maximum Gasteiger partial charge on any atom is 0.265 e. The summed E-state index contributed by atoms with van der Waals surface area (Å²) in [6, 6.07) is 7.63. The lowest BCUT2D eigenvalue weighted by Crippen LogP contribution is -2.29. The van der Waals surface area contributed by atoms with Crippen molar-refractivity contribution in [2.45, 2.75) is 13.0 Å². The highest BCUT2D eigenvalue weighted by Gasteiger charge is 2.20. The topological polar surface area (TPSA) is 68.5 Å². The molecule has 1 aromatic heterocycles. The van der Waals surface area contributed by atoms with Crippen molar-refractivity contribution in [1.82, 2.24) is 9.88 Å². The molecule has 106 valence electrons. The fraction of sp³-hybridized carbons (Fsp3) is 0.286. The fourth-order valence-electron chi connectivity index (χ4n) is 1.84. The molecule has 2 N–H and O–H groups in total. The number of nitrogens with two attached hydrogens (primary N) is 1. The average Bonchev–Trinajstić information content (AvgIpc) is 2.91. The lowest BCUT2D eigenvalue weighted by Gasteiger charge is -2.24. The van der Waals surface area contributed by atoms with E-state index < -0.39 is 0 Å². The van der Waals surface area contributed by atoms with E-state index in [2.05, 4.69) is 4.98 Å². The molecule has 1 unspecified atom stereocenters. The van der Waals surface area contributed by atoms with E-state index in [4.69, 9.17) is 10.5 Å². The zero-order chi connectivity index (χ0) is 14.7. The Bertz CT molecular complexity index is 595. The molecule has 5 nitrogen and oxygen atoms in total. The Balaban J connectivity index is 2.14. The van der Waals surface area contributed by atoms with Gasteiger partial charge in [-0.3, -0.25) is 4.79 Å². The Kier molecular flexibility index (Phi) is 4.24. The van der Waals surface area contributed by atoms with Crippen LogP contribution in [-0.2, 0) is 0 Å². The number of methoxy groups -OCH3 is 1. The highest BCUT2D eigenvalue weighted by molar-refractivity contribution is 7.17. The highest BCUT2D eigenvalue weighted by atomic mass is 32.1. The minimum Gasteiger partial charge on any atom is -0.497 e. The third kappa shape index (κ3) is 2.91. The van der Waals surface area contributed by atoms with Crippen LogP contribution in [-0.4, -0.2) is 29.9 Å². The SMILES string of the molecule is COc1ccc(C(C)N(C)C(=O)c2cnc(N)s2)cc1. The molecule has 1 heterocycles. The summed E-state index contributed by atoms with van der Waals surface area (Å²) < 4.78 is 5.13. The first-order valence-corrected chi connectivity index (χ1v) is 6.97. The number of benzene rings is 1. The van der Waals surface area contributed by atoms with E-state index in [-0.39, 0.29) is 11.9 Å². The maximum atomic E-state index is 12.3. The second-order valence-electron chi connectivity index (χ2n) is 4.43. The average molecular weight is 291 g/mol. The van der Waals surface area contributed by atoms with Gasteiger partial charge in [0.2, 0.25) is 0 Å². The van der Waals surface area contributed by atoms with Crippen molar-refractivity contribution < 1.29 is 9.53 Å². The minimum atomic E-state index is -0.0810. The Hall–Kier alpha value is -2.08. The molecule has 1 atom stereocenters. The van der Waals surface area contributed by atoms with Gasteiger partial charge < -0.3 is 15.4 Å². The van der Waals surface area contributed by atoms with Crippen molar-refractivity contribution in [2.75, 3.05) is 19.9 Å². The lowest BCUT2D eigenvalue weighted by atomic mass is 10.1. The van der Waals surface area contributed by atoms with Crippen molar-refractivity contribution in [3.05, 3.63) is 40.9 Å². The maximum absolute atomic E-state index is 12.3. The van der Waals surface area contributed by atoms with Gasteiger partial charge in [0.15, 0.2) is 5.13 Å². The standard InChI is InChI=1S/C14H17N3O2S/c1-9(10-4-6-11(19-3)7-5-10)17(2)13(18)12-8-16-14(15)20-12/h4-9H,1-3H3,(H2,15,16). The quantitative estimate of drug-likeness (QED) is 0.940. The number of ether oxygens (including phenoxy) is 1. The van der Waals surface area contributed by atoms with Crippen LogP contribution in [0, 0.1) is 0 Å². The number of hydrogen-bond acceptors (Lipinski definition) is 5. The predicted molar refractivity (Wildman–Crippen MR) is 80.0 cm³/mol. The molecule has 1 aromatic carbocycles. The molecular weight excluding hydrogens is 274 g/mol. The van der Waals surface area contributed by atoms with Crippen molar-refractivity contribution in [1.29, 1.82) is 0 Å². The second kappa shape index (κ2) is 5.92. The van der Waals surface area contributed by atoms with Crippen molar-refractivity contribution >= 4 is 22.4 Å². The van der Waals surface area contributed by atoms with Crippen LogP contribution >= 0.6 is 11.3 Å². The number of amides is 1. The van der Waals surface area contributed by atoms with E-state index in [1.807, 2.05) is 31.2 Å². The first-order valence-electron chi connectivity index (χ1n) is 6.15. The summed E-state index contributed by atoms with van der Waals surface area (Å²) in [4.78, 5) is 18.4. The summed E-state index contributed by atoms with van der Waals surface area (Å²) in [7, 11) is 3.40. The van der Waals surface area contributed by atoms with E-state index in [0.29, 0.717) is 10.0 Å². The van der Waals surface area contributed by atoms with Crippen molar-refractivity contribution in [3.8, 4) is 5.75 Å². The number of anilines is 1. The summed E-state index contributed by atoms with van der Waals surface area (Å²) in [6.07, 6.45) is 1.51. The molecule has 0 aliphatic rings. The van der Waals surface area contributed by atoms with Gasteiger partial charge in [0, 0.05) is 7.05 Å². The zero-order valence-corrected chi connectivity index (χ0v) is 12.5. The summed E-state index contributed by atoms with van der Waals surface area (Å²) in [5.41, 5.74) is 6.60. The summed E-state index contributed by atoms with van der Waals surface area (Å²) in [5, 5.41) is 0.402. The van der Waals surface area contributed by atoms with Crippen molar-refractivity contribution in [2.24, 2.45) is 0 Å². The molecule has 0 aliphatic carbocycles. The van der Waals surface area contributed by atoms with Gasteiger partial charge in [0.1, 0.15) is 10.6 Å². The molecule has 2 rings (SSSR count). The van der Waals surface area contributed by atoms with Crippen LogP contribution in [0.4, 0.5) is 5.13 Å². The van der Waals surface area contributed by atoms with Crippen LogP contribution in [0.1, 0.15) is 28.2 Å². The first kappa shape index (κ1) is 14.3. The van der Waals surface area contributed by atoms with E-state index >= 15 is 0 Å². The molecule has 0 fully saturated rings. The normalized spacial score (nSPS) is 11.9. The first-order chi connectivity index (χ1) is 9.52. The van der Waals surface area contributed by atoms with Gasteiger partial charge in [-0.15, -0.1) is 0 Å². The van der Waals surface area contributed by atoms with Crippen LogP contribution in [0.2, 0.25) is 0 Å². The van der Waals surface area contributed by atoms with Gasteiger partial charge in [-0.1, -0.05) is 23.5 Å². The Morgan fingerprint density at radius 3 is 2.55 bits per heavy atom. The molecule has 0 spiro atoms. The zero-order valence-electron chi connectivity index (χ0n) is 11.7.